The number of urea groups is 1. The first-order chi connectivity index (χ1) is 17.5. The van der Waals surface area contributed by atoms with Crippen molar-refractivity contribution in [1.29, 1.82) is 0 Å². The van der Waals surface area contributed by atoms with Crippen LogP contribution >= 0.6 is 11.6 Å². The second-order valence-corrected chi connectivity index (χ2v) is 9.89. The fourth-order valence-electron chi connectivity index (χ4n) is 3.71. The number of carbonyl (C=O) groups is 1. The van der Waals surface area contributed by atoms with Gasteiger partial charge in [-0.15, -0.1) is 9.35 Å². The first kappa shape index (κ1) is 26.1. The molecule has 2 amide bonds. The highest BCUT2D eigenvalue weighted by atomic mass is 35.5. The Kier molecular flexibility index (Phi) is 7.16. The summed E-state index contributed by atoms with van der Waals surface area (Å²) in [5.74, 6) is -0.839. The maximum absolute atomic E-state index is 15.1. The number of hydrogen-bond acceptors (Lipinski definition) is 7. The van der Waals surface area contributed by atoms with E-state index in [1.54, 1.807) is 43.3 Å². The maximum atomic E-state index is 15.1. The predicted octanol–water partition coefficient (Wildman–Crippen LogP) is 4.39. The third-order valence-corrected chi connectivity index (χ3v) is 6.01. The lowest BCUT2D eigenvalue weighted by molar-refractivity contribution is 0.226. The van der Waals surface area contributed by atoms with Gasteiger partial charge in [0.05, 0.1) is 16.8 Å². The zero-order valence-electron chi connectivity index (χ0n) is 19.6. The predicted molar refractivity (Wildman–Crippen MR) is 140 cm³/mol. The number of para-hydroxylation sites is 1. The van der Waals surface area contributed by atoms with E-state index in [4.69, 9.17) is 21.6 Å². The second kappa shape index (κ2) is 10.2. The summed E-state index contributed by atoms with van der Waals surface area (Å²) < 4.78 is 45.3. The molecule has 192 valence electrons. The molecule has 0 bridgehead atoms. The molecule has 37 heavy (non-hydrogen) atoms. The Morgan fingerprint density at radius 3 is 2.54 bits per heavy atom. The van der Waals surface area contributed by atoms with Gasteiger partial charge in [0.15, 0.2) is 5.82 Å². The Bertz CT molecular complexity index is 1680. The highest BCUT2D eigenvalue weighted by molar-refractivity contribution is 7.86. The van der Waals surface area contributed by atoms with Gasteiger partial charge in [-0.2, -0.15) is 8.42 Å². The van der Waals surface area contributed by atoms with Crippen molar-refractivity contribution in [3.63, 3.8) is 0 Å². The van der Waals surface area contributed by atoms with Crippen LogP contribution in [0.2, 0.25) is 5.02 Å². The van der Waals surface area contributed by atoms with Gasteiger partial charge in [0.1, 0.15) is 11.5 Å². The molecule has 13 heteroatoms. The molecule has 4 rings (SSSR count). The molecule has 0 saturated carbocycles. The lowest BCUT2D eigenvalue weighted by Crippen LogP contribution is -2.37. The lowest BCUT2D eigenvalue weighted by atomic mass is 10.0. The van der Waals surface area contributed by atoms with E-state index in [9.17, 15) is 18.0 Å². The Balaban J connectivity index is 1.90. The number of pyridine rings is 2. The normalized spacial score (nSPS) is 11.5. The second-order valence-electron chi connectivity index (χ2n) is 7.93. The van der Waals surface area contributed by atoms with Gasteiger partial charge in [0.25, 0.3) is 15.7 Å². The number of amides is 2. The van der Waals surface area contributed by atoms with Gasteiger partial charge in [-0.05, 0) is 37.3 Å². The van der Waals surface area contributed by atoms with Crippen LogP contribution in [0.4, 0.5) is 26.4 Å². The van der Waals surface area contributed by atoms with Crippen LogP contribution < -0.4 is 21.7 Å². The van der Waals surface area contributed by atoms with Gasteiger partial charge in [-0.1, -0.05) is 29.8 Å². The Labute approximate surface area is 216 Å². The molecule has 0 aliphatic rings. The van der Waals surface area contributed by atoms with Crippen LogP contribution in [0.25, 0.3) is 22.0 Å². The van der Waals surface area contributed by atoms with Crippen LogP contribution in [-0.2, 0) is 20.9 Å². The number of nitrogens with zero attached hydrogens (tertiary/aromatic N) is 3. The molecule has 0 unspecified atom stereocenters. The van der Waals surface area contributed by atoms with E-state index in [-0.39, 0.29) is 33.6 Å². The van der Waals surface area contributed by atoms with Gasteiger partial charge in [0.2, 0.25) is 0 Å². The summed E-state index contributed by atoms with van der Waals surface area (Å²) in [6.45, 7) is 2.04. The zero-order valence-corrected chi connectivity index (χ0v) is 21.2. The number of aryl methyl sites for hydroxylation is 1. The quantitative estimate of drug-likeness (QED) is 0.343. The standard InChI is InChI=1S/C24H21ClFN5O5S/c1-3-30-20-12-22(27)28-13-14(20)9-17(23(30)32)16-10-21(19(26)11-18(16)25)31(36-37(2,34)35)24(33)29-15-7-5-4-6-8-15/h4-13H,3H2,1-2H3,(H2,27,28)(H,29,33). The van der Waals surface area contributed by atoms with Crippen LogP contribution in [-0.4, -0.2) is 30.3 Å². The number of nitrogen functional groups attached to an aromatic ring is 1. The molecule has 0 saturated heterocycles. The van der Waals surface area contributed by atoms with Crippen LogP contribution in [0.3, 0.4) is 0 Å². The lowest BCUT2D eigenvalue weighted by Gasteiger charge is -2.22. The van der Waals surface area contributed by atoms with E-state index >= 15 is 4.39 Å². The third kappa shape index (κ3) is 5.56. The molecule has 2 aromatic heterocycles. The van der Waals surface area contributed by atoms with Gasteiger partial charge in [0, 0.05) is 41.0 Å². The van der Waals surface area contributed by atoms with E-state index in [1.807, 2.05) is 0 Å². The van der Waals surface area contributed by atoms with Gasteiger partial charge in [-0.25, -0.2) is 14.2 Å². The van der Waals surface area contributed by atoms with Crippen molar-refractivity contribution in [2.75, 3.05) is 22.4 Å². The number of carbonyl (C=O) groups excluding carboxylic acids is 1. The van der Waals surface area contributed by atoms with Crippen molar-refractivity contribution in [2.24, 2.45) is 0 Å². The Morgan fingerprint density at radius 1 is 1.19 bits per heavy atom. The summed E-state index contributed by atoms with van der Waals surface area (Å²) in [5.41, 5.74) is 5.67. The van der Waals surface area contributed by atoms with Crippen LogP contribution in [0.15, 0.2) is 65.6 Å². The molecule has 4 aromatic rings. The first-order valence-electron chi connectivity index (χ1n) is 10.8. The molecule has 0 spiro atoms. The number of aromatic nitrogens is 2. The molecule has 2 aromatic carbocycles. The van der Waals surface area contributed by atoms with Crippen molar-refractivity contribution >= 4 is 55.8 Å². The van der Waals surface area contributed by atoms with Crippen LogP contribution in [0.1, 0.15) is 6.92 Å². The topological polar surface area (TPSA) is 137 Å². The van der Waals surface area contributed by atoms with Crippen LogP contribution in [0.5, 0.6) is 0 Å². The molecule has 0 aliphatic carbocycles. The summed E-state index contributed by atoms with van der Waals surface area (Å²) >= 11 is 6.33. The number of anilines is 3. The molecule has 0 radical (unpaired) electrons. The van der Waals surface area contributed by atoms with Gasteiger partial charge >= 0.3 is 6.03 Å². The largest absolute Gasteiger partial charge is 0.384 e. The number of hydrogen-bond donors (Lipinski definition) is 2. The van der Waals surface area contributed by atoms with Crippen molar-refractivity contribution in [2.45, 2.75) is 13.5 Å². The number of nitrogens with two attached hydrogens (primary N) is 1. The summed E-state index contributed by atoms with van der Waals surface area (Å²) in [5, 5.41) is 3.09. The van der Waals surface area contributed by atoms with Crippen molar-refractivity contribution in [3.05, 3.63) is 82.0 Å². The molecular weight excluding hydrogens is 525 g/mol. The van der Waals surface area contributed by atoms with E-state index in [0.29, 0.717) is 22.8 Å². The molecule has 3 N–H and O–H groups in total. The highest BCUT2D eigenvalue weighted by Gasteiger charge is 2.27. The van der Waals surface area contributed by atoms with Crippen molar-refractivity contribution < 1.29 is 21.9 Å². The summed E-state index contributed by atoms with van der Waals surface area (Å²) in [4.78, 5) is 30.4. The van der Waals surface area contributed by atoms with E-state index < -0.39 is 33.2 Å². The Morgan fingerprint density at radius 2 is 1.89 bits per heavy atom. The minimum atomic E-state index is -4.29. The summed E-state index contributed by atoms with van der Waals surface area (Å²) in [6.07, 6.45) is 2.18. The molecule has 0 aliphatic heterocycles. The number of halogens is 2. The third-order valence-electron chi connectivity index (χ3n) is 5.28. The van der Waals surface area contributed by atoms with E-state index in [2.05, 4.69) is 10.3 Å². The molecule has 0 fully saturated rings. The number of benzene rings is 2. The SMILES string of the molecule is CCn1c(=O)c(-c2cc(N(OS(C)(=O)=O)C(=O)Nc3ccccc3)c(F)cc2Cl)cc2cnc(N)cc21. The van der Waals surface area contributed by atoms with Crippen LogP contribution in [0, 0.1) is 5.82 Å². The minimum absolute atomic E-state index is 0.0404. The molecular formula is C24H21ClFN5O5S. The average Bonchev–Trinajstić information content (AvgIpc) is 2.83. The van der Waals surface area contributed by atoms with Gasteiger partial charge in [-0.3, -0.25) is 4.79 Å². The van der Waals surface area contributed by atoms with Crippen molar-refractivity contribution in [3.8, 4) is 11.1 Å². The number of hydroxylamine groups is 1. The van der Waals surface area contributed by atoms with Gasteiger partial charge < -0.3 is 15.6 Å². The fraction of sp³-hybridized carbons (Fsp3) is 0.125. The number of rotatable bonds is 6. The fourth-order valence-corrected chi connectivity index (χ4v) is 4.38. The summed E-state index contributed by atoms with van der Waals surface area (Å²) in [7, 11) is -4.29. The molecule has 0 atom stereocenters. The van der Waals surface area contributed by atoms with Crippen molar-refractivity contribution in [1.82, 2.24) is 9.55 Å². The summed E-state index contributed by atoms with van der Waals surface area (Å²) in [6, 6.07) is 12.0. The first-order valence-corrected chi connectivity index (χ1v) is 13.0. The monoisotopic (exact) mass is 545 g/mol. The molecule has 10 nitrogen and oxygen atoms in total. The zero-order chi connectivity index (χ0) is 26.9. The van der Waals surface area contributed by atoms with E-state index in [0.717, 1.165) is 12.1 Å². The maximum Gasteiger partial charge on any atom is 0.351 e. The number of nitrogens with one attached hydrogen (secondary N) is 1. The smallest absolute Gasteiger partial charge is 0.351 e. The average molecular weight is 546 g/mol. The number of fused-ring (bicyclic) bond motifs is 1. The molecule has 2 heterocycles. The highest BCUT2D eigenvalue weighted by Crippen LogP contribution is 2.35. The van der Waals surface area contributed by atoms with E-state index in [1.165, 1.54) is 16.8 Å². The Hall–Kier alpha value is -4.00. The minimum Gasteiger partial charge on any atom is -0.384 e.